The largest absolute Gasteiger partial charge is 0.393 e. The number of nitrogens with one attached hydrogen (secondary N) is 3. The number of anilines is 4. The number of carbonyl (C=O) groups excluding carboxylic acids is 1. The summed E-state index contributed by atoms with van der Waals surface area (Å²) in [5.41, 5.74) is 16.7. The molecule has 1 amide bonds. The molecule has 0 fully saturated rings. The van der Waals surface area contributed by atoms with E-state index in [9.17, 15) is 4.79 Å². The van der Waals surface area contributed by atoms with Gasteiger partial charge in [0.05, 0.1) is 0 Å². The van der Waals surface area contributed by atoms with Gasteiger partial charge >= 0.3 is 0 Å². The Morgan fingerprint density at radius 3 is 2.33 bits per heavy atom. The standard InChI is InChI=1S/C20H22N6O/c1-12-4-7-15(8-5-12)20(27)26-25-19-17(21)18(22-11-23-19)24-16-9-6-13(2)14(3)10-16/h4-11H,21H2,1-3H3,(H,26,27)(H2,22,23,24,25). The van der Waals surface area contributed by atoms with E-state index in [-0.39, 0.29) is 5.91 Å². The molecule has 0 unspecified atom stereocenters. The summed E-state index contributed by atoms with van der Waals surface area (Å²) in [6.07, 6.45) is 1.38. The predicted octanol–water partition coefficient (Wildman–Crippen LogP) is 3.48. The number of aryl methyl sites for hydroxylation is 3. The van der Waals surface area contributed by atoms with Crippen LogP contribution in [0, 0.1) is 20.8 Å². The molecule has 0 aliphatic carbocycles. The monoisotopic (exact) mass is 362 g/mol. The van der Waals surface area contributed by atoms with E-state index >= 15 is 0 Å². The molecule has 3 rings (SSSR count). The Morgan fingerprint density at radius 1 is 0.926 bits per heavy atom. The average Bonchev–Trinajstić information content (AvgIpc) is 2.66. The molecule has 0 saturated heterocycles. The number of hydrogen-bond donors (Lipinski definition) is 4. The van der Waals surface area contributed by atoms with Crippen LogP contribution in [0.3, 0.4) is 0 Å². The first-order valence-corrected chi connectivity index (χ1v) is 8.52. The van der Waals surface area contributed by atoms with E-state index in [1.807, 2.05) is 44.2 Å². The minimum atomic E-state index is -0.281. The van der Waals surface area contributed by atoms with Crippen LogP contribution in [0.5, 0.6) is 0 Å². The normalized spacial score (nSPS) is 10.3. The minimum Gasteiger partial charge on any atom is -0.393 e. The van der Waals surface area contributed by atoms with Gasteiger partial charge in [0.25, 0.3) is 5.91 Å². The zero-order valence-electron chi connectivity index (χ0n) is 15.5. The highest BCUT2D eigenvalue weighted by Crippen LogP contribution is 2.26. The molecular weight excluding hydrogens is 340 g/mol. The molecule has 27 heavy (non-hydrogen) atoms. The molecule has 0 aliphatic rings. The Morgan fingerprint density at radius 2 is 1.63 bits per heavy atom. The Bertz CT molecular complexity index is 969. The molecule has 0 aliphatic heterocycles. The third kappa shape index (κ3) is 4.33. The summed E-state index contributed by atoms with van der Waals surface area (Å²) in [6.45, 7) is 6.06. The van der Waals surface area contributed by atoms with Crippen molar-refractivity contribution in [3.63, 3.8) is 0 Å². The zero-order valence-corrected chi connectivity index (χ0v) is 15.5. The number of aromatic nitrogens is 2. The lowest BCUT2D eigenvalue weighted by atomic mass is 10.1. The van der Waals surface area contributed by atoms with Gasteiger partial charge in [-0.25, -0.2) is 9.97 Å². The van der Waals surface area contributed by atoms with Crippen LogP contribution in [0.15, 0.2) is 48.8 Å². The van der Waals surface area contributed by atoms with Crippen LogP contribution in [0.2, 0.25) is 0 Å². The van der Waals surface area contributed by atoms with Crippen molar-refractivity contribution in [2.75, 3.05) is 16.5 Å². The van der Waals surface area contributed by atoms with E-state index in [1.54, 1.807) is 12.1 Å². The molecule has 0 saturated carbocycles. The van der Waals surface area contributed by atoms with Crippen molar-refractivity contribution in [2.45, 2.75) is 20.8 Å². The average molecular weight is 362 g/mol. The van der Waals surface area contributed by atoms with Crippen LogP contribution in [-0.4, -0.2) is 15.9 Å². The fourth-order valence-electron chi connectivity index (χ4n) is 2.44. The summed E-state index contributed by atoms with van der Waals surface area (Å²) in [6, 6.07) is 13.2. The predicted molar refractivity (Wildman–Crippen MR) is 108 cm³/mol. The molecule has 1 aromatic heterocycles. The second-order valence-electron chi connectivity index (χ2n) is 6.35. The molecule has 0 atom stereocenters. The summed E-state index contributed by atoms with van der Waals surface area (Å²) in [7, 11) is 0. The molecule has 2 aromatic carbocycles. The Hall–Kier alpha value is -3.61. The second-order valence-corrected chi connectivity index (χ2v) is 6.35. The molecule has 7 nitrogen and oxygen atoms in total. The Kier molecular flexibility index (Phi) is 5.21. The molecule has 5 N–H and O–H groups in total. The topological polar surface area (TPSA) is 105 Å². The van der Waals surface area contributed by atoms with E-state index in [0.29, 0.717) is 22.9 Å². The number of benzene rings is 2. The lowest BCUT2D eigenvalue weighted by Crippen LogP contribution is -2.30. The van der Waals surface area contributed by atoms with Gasteiger partial charge in [-0.1, -0.05) is 23.8 Å². The lowest BCUT2D eigenvalue weighted by molar-refractivity contribution is 0.0962. The van der Waals surface area contributed by atoms with Gasteiger partial charge in [0.15, 0.2) is 11.6 Å². The number of hydrazine groups is 1. The molecule has 0 bridgehead atoms. The molecule has 0 spiro atoms. The summed E-state index contributed by atoms with van der Waals surface area (Å²) in [4.78, 5) is 20.5. The molecule has 1 heterocycles. The third-order valence-electron chi connectivity index (χ3n) is 4.26. The number of hydrogen-bond acceptors (Lipinski definition) is 6. The maximum atomic E-state index is 12.2. The van der Waals surface area contributed by atoms with Gasteiger partial charge in [0.1, 0.15) is 12.0 Å². The summed E-state index contributed by atoms with van der Waals surface area (Å²) >= 11 is 0. The maximum absolute atomic E-state index is 12.2. The number of nitrogen functional groups attached to an aromatic ring is 1. The van der Waals surface area contributed by atoms with Crippen molar-refractivity contribution < 1.29 is 4.79 Å². The highest BCUT2D eigenvalue weighted by atomic mass is 16.2. The van der Waals surface area contributed by atoms with Crippen molar-refractivity contribution in [3.8, 4) is 0 Å². The van der Waals surface area contributed by atoms with Crippen molar-refractivity contribution >= 4 is 28.9 Å². The first-order valence-electron chi connectivity index (χ1n) is 8.52. The molecule has 7 heteroatoms. The van der Waals surface area contributed by atoms with Gasteiger partial charge in [0, 0.05) is 11.3 Å². The van der Waals surface area contributed by atoms with Gasteiger partial charge in [-0.3, -0.25) is 15.6 Å². The van der Waals surface area contributed by atoms with Crippen LogP contribution in [0.1, 0.15) is 27.0 Å². The van der Waals surface area contributed by atoms with Crippen LogP contribution in [0.4, 0.5) is 23.0 Å². The third-order valence-corrected chi connectivity index (χ3v) is 4.26. The minimum absolute atomic E-state index is 0.281. The fourth-order valence-corrected chi connectivity index (χ4v) is 2.44. The van der Waals surface area contributed by atoms with Crippen LogP contribution >= 0.6 is 0 Å². The van der Waals surface area contributed by atoms with Gasteiger partial charge in [-0.15, -0.1) is 0 Å². The van der Waals surface area contributed by atoms with Gasteiger partial charge < -0.3 is 11.1 Å². The molecule has 138 valence electrons. The zero-order chi connectivity index (χ0) is 19.4. The first kappa shape index (κ1) is 18.2. The van der Waals surface area contributed by atoms with Gasteiger partial charge in [0.2, 0.25) is 0 Å². The van der Waals surface area contributed by atoms with Crippen molar-refractivity contribution in [3.05, 3.63) is 71.0 Å². The highest BCUT2D eigenvalue weighted by molar-refractivity contribution is 5.95. The first-order chi connectivity index (χ1) is 12.9. The summed E-state index contributed by atoms with van der Waals surface area (Å²) in [5.74, 6) is 0.494. The fraction of sp³-hybridized carbons (Fsp3) is 0.150. The van der Waals surface area contributed by atoms with Crippen molar-refractivity contribution in [2.24, 2.45) is 0 Å². The lowest BCUT2D eigenvalue weighted by Gasteiger charge is -2.14. The van der Waals surface area contributed by atoms with Crippen LogP contribution in [-0.2, 0) is 0 Å². The number of nitrogens with two attached hydrogens (primary N) is 1. The van der Waals surface area contributed by atoms with Gasteiger partial charge in [-0.05, 0) is 56.2 Å². The highest BCUT2D eigenvalue weighted by Gasteiger charge is 2.11. The molecular formula is C20H22N6O. The quantitative estimate of drug-likeness (QED) is 0.518. The van der Waals surface area contributed by atoms with Crippen molar-refractivity contribution in [1.29, 1.82) is 0 Å². The Balaban J connectivity index is 1.71. The van der Waals surface area contributed by atoms with E-state index in [0.717, 1.165) is 16.8 Å². The van der Waals surface area contributed by atoms with E-state index in [4.69, 9.17) is 5.73 Å². The number of nitrogens with zero attached hydrogens (tertiary/aromatic N) is 2. The smallest absolute Gasteiger partial charge is 0.269 e. The molecule has 3 aromatic rings. The SMILES string of the molecule is Cc1ccc(C(=O)NNc2ncnc(Nc3ccc(C)c(C)c3)c2N)cc1. The van der Waals surface area contributed by atoms with Crippen LogP contribution in [0.25, 0.3) is 0 Å². The Labute approximate surface area is 158 Å². The summed E-state index contributed by atoms with van der Waals surface area (Å²) in [5, 5.41) is 3.18. The van der Waals surface area contributed by atoms with E-state index < -0.39 is 0 Å². The second kappa shape index (κ2) is 7.74. The summed E-state index contributed by atoms with van der Waals surface area (Å²) < 4.78 is 0. The molecule has 0 radical (unpaired) electrons. The van der Waals surface area contributed by atoms with Crippen molar-refractivity contribution in [1.82, 2.24) is 15.4 Å². The van der Waals surface area contributed by atoms with E-state index in [1.165, 1.54) is 11.9 Å². The number of rotatable bonds is 5. The van der Waals surface area contributed by atoms with E-state index in [2.05, 4.69) is 33.1 Å². The number of amides is 1. The van der Waals surface area contributed by atoms with Gasteiger partial charge in [-0.2, -0.15) is 0 Å². The van der Waals surface area contributed by atoms with Crippen LogP contribution < -0.4 is 21.9 Å². The maximum Gasteiger partial charge on any atom is 0.269 e. The number of carbonyl (C=O) groups is 1.